The van der Waals surface area contributed by atoms with Gasteiger partial charge in [-0.1, -0.05) is 75.8 Å². The fourth-order valence-corrected chi connectivity index (χ4v) is 3.22. The zero-order chi connectivity index (χ0) is 17.7. The van der Waals surface area contributed by atoms with Gasteiger partial charge in [0.15, 0.2) is 5.79 Å². The molecule has 3 heteroatoms. The summed E-state index contributed by atoms with van der Waals surface area (Å²) in [5.74, 6) is -0.714. The van der Waals surface area contributed by atoms with Crippen LogP contribution in [-0.2, 0) is 15.9 Å². The molecule has 1 atom stereocenters. The minimum atomic E-state index is -0.714. The lowest BCUT2D eigenvalue weighted by Crippen LogP contribution is -2.54. The summed E-state index contributed by atoms with van der Waals surface area (Å²) in [6.07, 6.45) is 9.28. The fourth-order valence-electron chi connectivity index (χ4n) is 3.22. The number of hydrogen-bond acceptors (Lipinski definition) is 3. The summed E-state index contributed by atoms with van der Waals surface area (Å²) in [7, 11) is 0. The lowest BCUT2D eigenvalue weighted by molar-refractivity contribution is -0.245. The highest BCUT2D eigenvalue weighted by molar-refractivity contribution is 5.17. The molecule has 0 saturated carbocycles. The molecule has 3 nitrogen and oxygen atoms in total. The summed E-state index contributed by atoms with van der Waals surface area (Å²) in [4.78, 5) is 0. The van der Waals surface area contributed by atoms with E-state index >= 15 is 0 Å². The van der Waals surface area contributed by atoms with Crippen molar-refractivity contribution in [1.29, 1.82) is 0 Å². The zero-order valence-electron chi connectivity index (χ0n) is 15.9. The molecule has 0 aliphatic rings. The van der Waals surface area contributed by atoms with Crippen molar-refractivity contribution in [3.8, 4) is 0 Å². The molecule has 0 radical (unpaired) electrons. The molecule has 0 heterocycles. The first kappa shape index (κ1) is 21.1. The van der Waals surface area contributed by atoms with Crippen molar-refractivity contribution in [2.45, 2.75) is 84.0 Å². The van der Waals surface area contributed by atoms with Crippen LogP contribution in [0.5, 0.6) is 0 Å². The topological polar surface area (TPSA) is 44.5 Å². The van der Waals surface area contributed by atoms with Gasteiger partial charge >= 0.3 is 0 Å². The molecule has 0 spiro atoms. The summed E-state index contributed by atoms with van der Waals surface area (Å²) in [6, 6.07) is 10.3. The summed E-state index contributed by atoms with van der Waals surface area (Å²) in [6.45, 7) is 7.48. The molecular weight excluding hydrogens is 298 g/mol. The smallest absolute Gasteiger partial charge is 0.187 e. The zero-order valence-corrected chi connectivity index (χ0v) is 15.9. The number of nitrogens with two attached hydrogens (primary N) is 1. The van der Waals surface area contributed by atoms with Crippen molar-refractivity contribution in [1.82, 2.24) is 0 Å². The third-order valence-electron chi connectivity index (χ3n) is 4.50. The number of hydrogen-bond donors (Lipinski definition) is 1. The van der Waals surface area contributed by atoms with E-state index in [4.69, 9.17) is 15.2 Å². The largest absolute Gasteiger partial charge is 0.348 e. The van der Waals surface area contributed by atoms with Crippen molar-refractivity contribution >= 4 is 0 Å². The summed E-state index contributed by atoms with van der Waals surface area (Å²) < 4.78 is 12.2. The summed E-state index contributed by atoms with van der Waals surface area (Å²) in [5, 5.41) is 0. The van der Waals surface area contributed by atoms with E-state index in [9.17, 15) is 0 Å². The van der Waals surface area contributed by atoms with E-state index in [1.807, 2.05) is 19.9 Å². The first-order valence-corrected chi connectivity index (χ1v) is 9.75. The quantitative estimate of drug-likeness (QED) is 0.381. The maximum Gasteiger partial charge on any atom is 0.187 e. The van der Waals surface area contributed by atoms with Gasteiger partial charge in [0, 0.05) is 19.6 Å². The van der Waals surface area contributed by atoms with E-state index in [1.165, 1.54) is 37.7 Å². The van der Waals surface area contributed by atoms with Crippen LogP contribution < -0.4 is 5.73 Å². The molecule has 0 aliphatic carbocycles. The Hall–Kier alpha value is -0.900. The van der Waals surface area contributed by atoms with Gasteiger partial charge in [-0.05, 0) is 25.8 Å². The average Bonchev–Trinajstić information content (AvgIpc) is 2.59. The van der Waals surface area contributed by atoms with Gasteiger partial charge in [0.2, 0.25) is 0 Å². The fraction of sp³-hybridized carbons (Fsp3) is 0.714. The van der Waals surface area contributed by atoms with Crippen LogP contribution in [-0.4, -0.2) is 25.0 Å². The third-order valence-corrected chi connectivity index (χ3v) is 4.50. The first-order chi connectivity index (χ1) is 11.7. The molecular formula is C21H37NO2. The number of ether oxygens (including phenoxy) is 2. The molecule has 24 heavy (non-hydrogen) atoms. The molecule has 1 unspecified atom stereocenters. The summed E-state index contributed by atoms with van der Waals surface area (Å²) in [5.41, 5.74) is 7.77. The van der Waals surface area contributed by atoms with Crippen molar-refractivity contribution in [2.24, 2.45) is 5.73 Å². The minimum Gasteiger partial charge on any atom is -0.348 e. The van der Waals surface area contributed by atoms with Gasteiger partial charge in [-0.15, -0.1) is 0 Å². The highest BCUT2D eigenvalue weighted by Crippen LogP contribution is 2.26. The molecule has 0 saturated heterocycles. The number of unbranched alkanes of at least 4 members (excludes halogenated alkanes) is 5. The Kier molecular flexibility index (Phi) is 11.0. The molecule has 0 aliphatic heterocycles. The lowest BCUT2D eigenvalue weighted by Gasteiger charge is -2.38. The molecule has 1 aromatic carbocycles. The Balaban J connectivity index is 2.65. The van der Waals surface area contributed by atoms with Crippen molar-refractivity contribution in [3.05, 3.63) is 35.9 Å². The van der Waals surface area contributed by atoms with Gasteiger partial charge in [-0.25, -0.2) is 0 Å². The van der Waals surface area contributed by atoms with Crippen LogP contribution in [0.15, 0.2) is 30.3 Å². The van der Waals surface area contributed by atoms with Crippen molar-refractivity contribution in [2.75, 3.05) is 13.2 Å². The number of rotatable bonds is 14. The third kappa shape index (κ3) is 7.33. The Labute approximate surface area is 148 Å². The van der Waals surface area contributed by atoms with Crippen LogP contribution in [0, 0.1) is 0 Å². The van der Waals surface area contributed by atoms with Crippen LogP contribution in [0.4, 0.5) is 0 Å². The van der Waals surface area contributed by atoms with E-state index in [0.29, 0.717) is 19.6 Å². The predicted molar refractivity (Wildman–Crippen MR) is 102 cm³/mol. The normalized spacial score (nSPS) is 13.2. The van der Waals surface area contributed by atoms with Gasteiger partial charge < -0.3 is 15.2 Å². The second-order valence-corrected chi connectivity index (χ2v) is 6.50. The average molecular weight is 336 g/mol. The molecule has 0 aromatic heterocycles. The summed E-state index contributed by atoms with van der Waals surface area (Å²) >= 11 is 0. The van der Waals surface area contributed by atoms with Crippen LogP contribution in [0.2, 0.25) is 0 Å². The molecule has 0 amide bonds. The monoisotopic (exact) mass is 335 g/mol. The SMILES string of the molecule is CCCCCCCCC(N)C(Cc1ccccc1)(OCC)OCC. The lowest BCUT2D eigenvalue weighted by atomic mass is 9.93. The molecule has 1 rings (SSSR count). The molecule has 2 N–H and O–H groups in total. The van der Waals surface area contributed by atoms with E-state index in [0.717, 1.165) is 12.8 Å². The predicted octanol–water partition coefficient (Wildman–Crippen LogP) is 5.08. The Morgan fingerprint density at radius 2 is 1.46 bits per heavy atom. The standard InChI is InChI=1S/C21H37NO2/c1-4-7-8-9-10-14-17-20(22)21(23-5-2,24-6-3)18-19-15-12-11-13-16-19/h11-13,15-16,20H,4-10,14,17-18,22H2,1-3H3. The van der Waals surface area contributed by atoms with Crippen molar-refractivity contribution < 1.29 is 9.47 Å². The van der Waals surface area contributed by atoms with Crippen LogP contribution in [0.25, 0.3) is 0 Å². The Bertz CT molecular complexity index is 402. The highest BCUT2D eigenvalue weighted by atomic mass is 16.7. The highest BCUT2D eigenvalue weighted by Gasteiger charge is 2.38. The maximum atomic E-state index is 6.56. The van der Waals surface area contributed by atoms with E-state index in [2.05, 4.69) is 31.2 Å². The van der Waals surface area contributed by atoms with Crippen molar-refractivity contribution in [3.63, 3.8) is 0 Å². The van der Waals surface area contributed by atoms with Crippen LogP contribution in [0.3, 0.4) is 0 Å². The van der Waals surface area contributed by atoms with Gasteiger partial charge in [-0.2, -0.15) is 0 Å². The number of benzene rings is 1. The molecule has 138 valence electrons. The second kappa shape index (κ2) is 12.5. The second-order valence-electron chi connectivity index (χ2n) is 6.50. The molecule has 0 fully saturated rings. The Morgan fingerprint density at radius 3 is 2.04 bits per heavy atom. The molecule has 0 bridgehead atoms. The van der Waals surface area contributed by atoms with E-state index in [1.54, 1.807) is 0 Å². The minimum absolute atomic E-state index is 0.108. The van der Waals surface area contributed by atoms with Gasteiger partial charge in [0.1, 0.15) is 0 Å². The molecule has 1 aromatic rings. The van der Waals surface area contributed by atoms with E-state index < -0.39 is 5.79 Å². The van der Waals surface area contributed by atoms with Crippen LogP contribution in [0.1, 0.15) is 71.3 Å². The van der Waals surface area contributed by atoms with Crippen LogP contribution >= 0.6 is 0 Å². The maximum absolute atomic E-state index is 6.56. The van der Waals surface area contributed by atoms with E-state index in [-0.39, 0.29) is 6.04 Å². The van der Waals surface area contributed by atoms with Gasteiger partial charge in [0.25, 0.3) is 0 Å². The Morgan fingerprint density at radius 1 is 0.875 bits per heavy atom. The van der Waals surface area contributed by atoms with Gasteiger partial charge in [0.05, 0.1) is 6.04 Å². The first-order valence-electron chi connectivity index (χ1n) is 9.75. The van der Waals surface area contributed by atoms with Gasteiger partial charge in [-0.3, -0.25) is 0 Å².